The summed E-state index contributed by atoms with van der Waals surface area (Å²) in [6.07, 6.45) is 0. The third kappa shape index (κ3) is 2.18. The summed E-state index contributed by atoms with van der Waals surface area (Å²) in [5.74, 6) is 0.516. The molecule has 2 aliphatic rings. The first-order valence-electron chi connectivity index (χ1n) is 5.23. The van der Waals surface area contributed by atoms with Crippen molar-refractivity contribution in [1.29, 1.82) is 0 Å². The van der Waals surface area contributed by atoms with Gasteiger partial charge in [0.25, 0.3) is 0 Å². The first-order valence-corrected chi connectivity index (χ1v) is 7.05. The van der Waals surface area contributed by atoms with Gasteiger partial charge < -0.3 is 10.1 Å². The van der Waals surface area contributed by atoms with Gasteiger partial charge in [-0.3, -0.25) is 4.90 Å². The second kappa shape index (κ2) is 4.01. The van der Waals surface area contributed by atoms with E-state index < -0.39 is 9.84 Å². The van der Waals surface area contributed by atoms with Gasteiger partial charge in [-0.05, 0) is 0 Å². The lowest BCUT2D eigenvalue weighted by atomic mass is 10.0. The van der Waals surface area contributed by atoms with E-state index in [4.69, 9.17) is 4.74 Å². The van der Waals surface area contributed by atoms with Crippen LogP contribution >= 0.6 is 0 Å². The molecule has 2 aliphatic heterocycles. The lowest BCUT2D eigenvalue weighted by Crippen LogP contribution is -2.70. The monoisotopic (exact) mass is 234 g/mol. The largest absolute Gasteiger partial charge is 0.383 e. The van der Waals surface area contributed by atoms with Gasteiger partial charge in [0.15, 0.2) is 9.84 Å². The Kier molecular flexibility index (Phi) is 3.03. The summed E-state index contributed by atoms with van der Waals surface area (Å²) in [7, 11) is -1.17. The van der Waals surface area contributed by atoms with Crippen molar-refractivity contribution in [2.24, 2.45) is 0 Å². The van der Waals surface area contributed by atoms with Crippen LogP contribution in [0.4, 0.5) is 0 Å². The van der Waals surface area contributed by atoms with Gasteiger partial charge in [-0.25, -0.2) is 8.42 Å². The summed E-state index contributed by atoms with van der Waals surface area (Å²) in [5, 5.41) is 3.27. The van der Waals surface area contributed by atoms with E-state index in [0.717, 1.165) is 26.2 Å². The van der Waals surface area contributed by atoms with Crippen LogP contribution in [0.1, 0.15) is 0 Å². The molecular formula is C9H18N2O3S. The predicted molar refractivity (Wildman–Crippen MR) is 57.7 cm³/mol. The van der Waals surface area contributed by atoms with Crippen LogP contribution in [0.15, 0.2) is 0 Å². The maximum absolute atomic E-state index is 11.3. The number of nitrogens with one attached hydrogen (secondary N) is 1. The van der Waals surface area contributed by atoms with Crippen LogP contribution in [0.5, 0.6) is 0 Å². The van der Waals surface area contributed by atoms with Gasteiger partial charge >= 0.3 is 0 Å². The molecule has 88 valence electrons. The molecule has 0 aromatic carbocycles. The van der Waals surface area contributed by atoms with Crippen LogP contribution in [-0.2, 0) is 14.6 Å². The Morgan fingerprint density at radius 1 is 1.33 bits per heavy atom. The first-order chi connectivity index (χ1) is 7.08. The zero-order valence-electron chi connectivity index (χ0n) is 9.03. The van der Waals surface area contributed by atoms with Crippen LogP contribution < -0.4 is 5.32 Å². The molecule has 0 unspecified atom stereocenters. The Hall–Kier alpha value is -0.170. The van der Waals surface area contributed by atoms with Crippen molar-refractivity contribution in [3.8, 4) is 0 Å². The van der Waals surface area contributed by atoms with Crippen LogP contribution in [0.3, 0.4) is 0 Å². The number of sulfone groups is 1. The molecule has 0 spiro atoms. The number of nitrogens with zero attached hydrogens (tertiary/aromatic N) is 1. The molecular weight excluding hydrogens is 216 g/mol. The molecule has 0 aromatic rings. The van der Waals surface area contributed by atoms with Crippen molar-refractivity contribution in [3.63, 3.8) is 0 Å². The van der Waals surface area contributed by atoms with Gasteiger partial charge in [0.1, 0.15) is 0 Å². The molecule has 2 fully saturated rings. The van der Waals surface area contributed by atoms with Crippen molar-refractivity contribution in [3.05, 3.63) is 0 Å². The van der Waals surface area contributed by atoms with Crippen LogP contribution in [-0.4, -0.2) is 70.3 Å². The second-order valence-electron chi connectivity index (χ2n) is 4.43. The van der Waals surface area contributed by atoms with Crippen molar-refractivity contribution in [2.75, 3.05) is 51.4 Å². The number of methoxy groups -OCH3 is 1. The highest BCUT2D eigenvalue weighted by Gasteiger charge is 2.52. The zero-order valence-corrected chi connectivity index (χ0v) is 9.85. The average Bonchev–Trinajstić information content (AvgIpc) is 2.16. The lowest BCUT2D eigenvalue weighted by Gasteiger charge is -2.50. The first kappa shape index (κ1) is 11.3. The lowest BCUT2D eigenvalue weighted by molar-refractivity contribution is 0.0213. The van der Waals surface area contributed by atoms with E-state index >= 15 is 0 Å². The summed E-state index contributed by atoms with van der Waals surface area (Å²) in [6.45, 7) is 4.22. The number of hydrogen-bond donors (Lipinski definition) is 1. The normalized spacial score (nSPS) is 29.7. The molecule has 1 N–H and O–H groups in total. The number of ether oxygens (including phenoxy) is 1. The minimum atomic E-state index is -2.80. The number of piperazine rings is 1. The van der Waals surface area contributed by atoms with Crippen LogP contribution in [0.25, 0.3) is 0 Å². The molecule has 15 heavy (non-hydrogen) atoms. The fourth-order valence-electron chi connectivity index (χ4n) is 2.54. The fourth-order valence-corrected chi connectivity index (χ4v) is 4.63. The predicted octanol–water partition coefficient (Wildman–Crippen LogP) is -1.29. The van der Waals surface area contributed by atoms with Gasteiger partial charge in [0, 0.05) is 33.3 Å². The van der Waals surface area contributed by atoms with E-state index in [0.29, 0.717) is 6.61 Å². The summed E-state index contributed by atoms with van der Waals surface area (Å²) in [4.78, 5) is 2.26. The van der Waals surface area contributed by atoms with Crippen molar-refractivity contribution < 1.29 is 13.2 Å². The minimum Gasteiger partial charge on any atom is -0.383 e. The molecule has 5 nitrogen and oxygen atoms in total. The van der Waals surface area contributed by atoms with E-state index in [1.165, 1.54) is 0 Å². The summed E-state index contributed by atoms with van der Waals surface area (Å²) in [5.41, 5.74) is -0.240. The molecule has 6 heteroatoms. The highest BCUT2D eigenvalue weighted by atomic mass is 32.2. The van der Waals surface area contributed by atoms with E-state index in [1.54, 1.807) is 7.11 Å². The topological polar surface area (TPSA) is 58.6 Å². The molecule has 0 atom stereocenters. The minimum absolute atomic E-state index is 0.240. The van der Waals surface area contributed by atoms with E-state index in [1.807, 2.05) is 0 Å². The SMILES string of the molecule is COCC1(N2CCNCC2)CS(=O)(=O)C1. The fraction of sp³-hybridized carbons (Fsp3) is 1.00. The van der Waals surface area contributed by atoms with E-state index in [-0.39, 0.29) is 17.0 Å². The zero-order chi connectivity index (χ0) is 10.9. The van der Waals surface area contributed by atoms with Gasteiger partial charge in [0.05, 0.1) is 23.7 Å². The van der Waals surface area contributed by atoms with Crippen molar-refractivity contribution in [2.45, 2.75) is 5.54 Å². The number of hydrogen-bond acceptors (Lipinski definition) is 5. The molecule has 0 bridgehead atoms. The van der Waals surface area contributed by atoms with Crippen LogP contribution in [0.2, 0.25) is 0 Å². The standard InChI is InChI=1S/C9H18N2O3S/c1-14-6-9(7-15(12,13)8-9)11-4-2-10-3-5-11/h10H,2-8H2,1H3. The van der Waals surface area contributed by atoms with Crippen molar-refractivity contribution >= 4 is 9.84 Å². The maximum Gasteiger partial charge on any atom is 0.154 e. The van der Waals surface area contributed by atoms with E-state index in [2.05, 4.69) is 10.2 Å². The number of rotatable bonds is 3. The second-order valence-corrected chi connectivity index (χ2v) is 6.49. The average molecular weight is 234 g/mol. The molecule has 2 saturated heterocycles. The Morgan fingerprint density at radius 2 is 1.93 bits per heavy atom. The van der Waals surface area contributed by atoms with Gasteiger partial charge in [-0.15, -0.1) is 0 Å². The van der Waals surface area contributed by atoms with Crippen molar-refractivity contribution in [1.82, 2.24) is 10.2 Å². The Labute approximate surface area is 90.7 Å². The molecule has 0 aliphatic carbocycles. The summed E-state index contributed by atoms with van der Waals surface area (Å²) in [6, 6.07) is 0. The Bertz CT molecular complexity index is 310. The third-order valence-electron chi connectivity index (χ3n) is 3.18. The Morgan fingerprint density at radius 3 is 2.40 bits per heavy atom. The molecule has 0 saturated carbocycles. The summed E-state index contributed by atoms with van der Waals surface area (Å²) >= 11 is 0. The molecule has 2 heterocycles. The molecule has 0 radical (unpaired) electrons. The van der Waals surface area contributed by atoms with Gasteiger partial charge in [-0.2, -0.15) is 0 Å². The quantitative estimate of drug-likeness (QED) is 0.658. The Balaban J connectivity index is 2.06. The molecule has 0 aromatic heterocycles. The van der Waals surface area contributed by atoms with Crippen LogP contribution in [0, 0.1) is 0 Å². The highest BCUT2D eigenvalue weighted by Crippen LogP contribution is 2.30. The highest BCUT2D eigenvalue weighted by molar-refractivity contribution is 7.93. The maximum atomic E-state index is 11.3. The molecule has 2 rings (SSSR count). The van der Waals surface area contributed by atoms with Gasteiger partial charge in [0.2, 0.25) is 0 Å². The molecule has 0 amide bonds. The van der Waals surface area contributed by atoms with E-state index in [9.17, 15) is 8.42 Å². The smallest absolute Gasteiger partial charge is 0.154 e. The third-order valence-corrected chi connectivity index (χ3v) is 5.13. The van der Waals surface area contributed by atoms with Gasteiger partial charge in [-0.1, -0.05) is 0 Å². The summed E-state index contributed by atoms with van der Waals surface area (Å²) < 4.78 is 27.8.